The van der Waals surface area contributed by atoms with E-state index in [1.54, 1.807) is 23.6 Å². The Hall–Kier alpha value is -1.43. The Morgan fingerprint density at radius 2 is 2.41 bits per heavy atom. The van der Waals surface area contributed by atoms with Gasteiger partial charge in [-0.15, -0.1) is 11.3 Å². The monoisotopic (exact) mass is 336 g/mol. The number of hydrogen-bond acceptors (Lipinski definition) is 4. The summed E-state index contributed by atoms with van der Waals surface area (Å²) in [6.45, 7) is 1.95. The third-order valence-corrected chi connectivity index (χ3v) is 4.83. The number of nitrogens with zero attached hydrogens (tertiary/aromatic N) is 2. The highest BCUT2D eigenvalue weighted by Crippen LogP contribution is 2.21. The summed E-state index contributed by atoms with van der Waals surface area (Å²) < 4.78 is 5.68. The second-order valence-electron chi connectivity index (χ2n) is 5.26. The molecule has 2 aromatic heterocycles. The van der Waals surface area contributed by atoms with Crippen molar-refractivity contribution in [3.8, 4) is 0 Å². The van der Waals surface area contributed by atoms with Crippen LogP contribution in [0.5, 0.6) is 0 Å². The largest absolute Gasteiger partial charge is 0.376 e. The van der Waals surface area contributed by atoms with Crippen LogP contribution in [0.3, 0.4) is 0 Å². The van der Waals surface area contributed by atoms with Gasteiger partial charge >= 0.3 is 0 Å². The zero-order valence-corrected chi connectivity index (χ0v) is 13.6. The van der Waals surface area contributed by atoms with E-state index in [2.05, 4.69) is 4.98 Å². The Balaban J connectivity index is 1.80. The van der Waals surface area contributed by atoms with Gasteiger partial charge < -0.3 is 9.64 Å². The highest BCUT2D eigenvalue weighted by Gasteiger charge is 2.25. The van der Waals surface area contributed by atoms with Gasteiger partial charge in [0.1, 0.15) is 0 Å². The van der Waals surface area contributed by atoms with Crippen molar-refractivity contribution >= 4 is 28.8 Å². The third-order valence-electron chi connectivity index (χ3n) is 3.66. The fourth-order valence-corrected chi connectivity index (χ4v) is 3.48. The molecule has 6 heteroatoms. The molecule has 2 aromatic rings. The number of amides is 1. The highest BCUT2D eigenvalue weighted by molar-refractivity contribution is 7.09. The van der Waals surface area contributed by atoms with E-state index in [1.807, 2.05) is 22.4 Å². The molecule has 1 amide bonds. The summed E-state index contributed by atoms with van der Waals surface area (Å²) >= 11 is 7.77. The van der Waals surface area contributed by atoms with Crippen molar-refractivity contribution in [1.29, 1.82) is 0 Å². The number of halogens is 1. The number of ether oxygens (including phenoxy) is 1. The lowest BCUT2D eigenvalue weighted by molar-refractivity contribution is 0.0509. The molecule has 1 fully saturated rings. The van der Waals surface area contributed by atoms with Crippen LogP contribution in [0.2, 0.25) is 5.02 Å². The summed E-state index contributed by atoms with van der Waals surface area (Å²) in [4.78, 5) is 19.8. The number of pyridine rings is 1. The molecule has 116 valence electrons. The summed E-state index contributed by atoms with van der Waals surface area (Å²) in [7, 11) is 0. The second kappa shape index (κ2) is 7.22. The van der Waals surface area contributed by atoms with Crippen LogP contribution in [0.25, 0.3) is 0 Å². The zero-order valence-electron chi connectivity index (χ0n) is 12.1. The summed E-state index contributed by atoms with van der Waals surface area (Å²) in [6.07, 6.45) is 5.27. The Kier molecular flexibility index (Phi) is 5.08. The van der Waals surface area contributed by atoms with Gasteiger partial charge in [-0.2, -0.15) is 0 Å². The first kappa shape index (κ1) is 15.5. The van der Waals surface area contributed by atoms with E-state index in [0.29, 0.717) is 23.7 Å². The summed E-state index contributed by atoms with van der Waals surface area (Å²) in [5.41, 5.74) is 0.492. The van der Waals surface area contributed by atoms with Gasteiger partial charge in [-0.25, -0.2) is 0 Å². The summed E-state index contributed by atoms with van der Waals surface area (Å²) in [6, 6.07) is 5.70. The van der Waals surface area contributed by atoms with Gasteiger partial charge in [0, 0.05) is 30.4 Å². The van der Waals surface area contributed by atoms with Crippen molar-refractivity contribution in [2.45, 2.75) is 25.5 Å². The SMILES string of the molecule is O=C(c1ccncc1Cl)N(Cc1cccs1)CC1CCCO1. The van der Waals surface area contributed by atoms with Crippen LogP contribution in [0, 0.1) is 0 Å². The maximum atomic E-state index is 12.8. The zero-order chi connectivity index (χ0) is 15.4. The topological polar surface area (TPSA) is 42.4 Å². The summed E-state index contributed by atoms with van der Waals surface area (Å²) in [5.74, 6) is -0.0729. The predicted molar refractivity (Wildman–Crippen MR) is 87.3 cm³/mol. The molecule has 4 nitrogen and oxygen atoms in total. The van der Waals surface area contributed by atoms with E-state index in [1.165, 1.54) is 6.20 Å². The van der Waals surface area contributed by atoms with Crippen LogP contribution in [-0.2, 0) is 11.3 Å². The first-order valence-electron chi connectivity index (χ1n) is 7.27. The van der Waals surface area contributed by atoms with Crippen molar-refractivity contribution in [3.63, 3.8) is 0 Å². The minimum absolute atomic E-state index is 0.0729. The first-order valence-corrected chi connectivity index (χ1v) is 8.52. The Morgan fingerprint density at radius 1 is 1.50 bits per heavy atom. The predicted octanol–water partition coefficient (Wildman–Crippen LogP) is 3.62. The molecule has 0 bridgehead atoms. The Bertz CT molecular complexity index is 627. The van der Waals surface area contributed by atoms with Gasteiger partial charge in [0.15, 0.2) is 0 Å². The molecule has 1 atom stereocenters. The normalized spacial score (nSPS) is 17.6. The van der Waals surface area contributed by atoms with E-state index in [0.717, 1.165) is 24.3 Å². The average Bonchev–Trinajstić information content (AvgIpc) is 3.20. The standard InChI is InChI=1S/C16H17ClN2O2S/c17-15-9-18-6-5-14(15)16(20)19(10-12-3-1-7-21-12)11-13-4-2-8-22-13/h2,4-6,8-9,12H,1,3,7,10-11H2. The van der Waals surface area contributed by atoms with Crippen LogP contribution in [-0.4, -0.2) is 35.0 Å². The van der Waals surface area contributed by atoms with Crippen molar-refractivity contribution in [1.82, 2.24) is 9.88 Å². The van der Waals surface area contributed by atoms with Gasteiger partial charge in [-0.1, -0.05) is 17.7 Å². The van der Waals surface area contributed by atoms with Gasteiger partial charge in [0.25, 0.3) is 5.91 Å². The van der Waals surface area contributed by atoms with Gasteiger partial charge in [-0.3, -0.25) is 9.78 Å². The van der Waals surface area contributed by atoms with Gasteiger partial charge in [0.05, 0.1) is 23.2 Å². The van der Waals surface area contributed by atoms with Crippen LogP contribution < -0.4 is 0 Å². The van der Waals surface area contributed by atoms with Crippen LogP contribution in [0.15, 0.2) is 36.0 Å². The fraction of sp³-hybridized carbons (Fsp3) is 0.375. The smallest absolute Gasteiger partial charge is 0.255 e. The van der Waals surface area contributed by atoms with E-state index < -0.39 is 0 Å². The third kappa shape index (κ3) is 3.66. The van der Waals surface area contributed by atoms with E-state index in [4.69, 9.17) is 16.3 Å². The van der Waals surface area contributed by atoms with Gasteiger partial charge in [0.2, 0.25) is 0 Å². The van der Waals surface area contributed by atoms with Crippen LogP contribution in [0.1, 0.15) is 28.1 Å². The van der Waals surface area contributed by atoms with Crippen LogP contribution in [0.4, 0.5) is 0 Å². The molecule has 22 heavy (non-hydrogen) atoms. The Morgan fingerprint density at radius 3 is 3.09 bits per heavy atom. The molecule has 0 aliphatic carbocycles. The molecule has 3 rings (SSSR count). The fourth-order valence-electron chi connectivity index (χ4n) is 2.56. The number of aromatic nitrogens is 1. The van der Waals surface area contributed by atoms with E-state index in [9.17, 15) is 4.79 Å². The first-order chi connectivity index (χ1) is 10.7. The minimum Gasteiger partial charge on any atom is -0.376 e. The lowest BCUT2D eigenvalue weighted by atomic mass is 10.2. The van der Waals surface area contributed by atoms with Crippen molar-refractivity contribution < 1.29 is 9.53 Å². The molecule has 0 N–H and O–H groups in total. The van der Waals surface area contributed by atoms with Crippen molar-refractivity contribution in [2.24, 2.45) is 0 Å². The van der Waals surface area contributed by atoms with Crippen molar-refractivity contribution in [3.05, 3.63) is 51.4 Å². The average molecular weight is 337 g/mol. The maximum Gasteiger partial charge on any atom is 0.255 e. The number of thiophene rings is 1. The van der Waals surface area contributed by atoms with Crippen LogP contribution >= 0.6 is 22.9 Å². The number of carbonyl (C=O) groups is 1. The molecule has 1 aliphatic heterocycles. The highest BCUT2D eigenvalue weighted by atomic mass is 35.5. The minimum atomic E-state index is -0.0729. The number of hydrogen-bond donors (Lipinski definition) is 0. The summed E-state index contributed by atoms with van der Waals surface area (Å²) in [5, 5.41) is 2.40. The number of carbonyl (C=O) groups excluding carboxylic acids is 1. The molecular formula is C16H17ClN2O2S. The van der Waals surface area contributed by atoms with E-state index >= 15 is 0 Å². The van der Waals surface area contributed by atoms with E-state index in [-0.39, 0.29) is 12.0 Å². The molecule has 1 unspecified atom stereocenters. The maximum absolute atomic E-state index is 12.8. The molecule has 1 aliphatic rings. The second-order valence-corrected chi connectivity index (χ2v) is 6.70. The molecule has 0 aromatic carbocycles. The quantitative estimate of drug-likeness (QED) is 0.837. The van der Waals surface area contributed by atoms with Crippen molar-refractivity contribution in [2.75, 3.05) is 13.2 Å². The molecule has 0 spiro atoms. The molecule has 1 saturated heterocycles. The molecule has 0 saturated carbocycles. The Labute approximate surface area is 138 Å². The number of rotatable bonds is 5. The lowest BCUT2D eigenvalue weighted by Crippen LogP contribution is -2.36. The molecule has 0 radical (unpaired) electrons. The molecule has 3 heterocycles. The molecular weight excluding hydrogens is 320 g/mol. The van der Waals surface area contributed by atoms with Gasteiger partial charge in [-0.05, 0) is 30.4 Å². The lowest BCUT2D eigenvalue weighted by Gasteiger charge is -2.25.